The third-order valence-electron chi connectivity index (χ3n) is 1.82. The van der Waals surface area contributed by atoms with Crippen LogP contribution in [0.15, 0.2) is 0 Å². The van der Waals surface area contributed by atoms with E-state index in [0.29, 0.717) is 0 Å². The van der Waals surface area contributed by atoms with Crippen LogP contribution >= 0.6 is 24.8 Å². The molecule has 0 aromatic heterocycles. The topological polar surface area (TPSA) is 23.5 Å². The van der Waals surface area contributed by atoms with E-state index < -0.39 is 0 Å². The van der Waals surface area contributed by atoms with Crippen molar-refractivity contribution in [2.45, 2.75) is 32.3 Å². The number of hydrogen-bond donors (Lipinski definition) is 1. The lowest BCUT2D eigenvalue weighted by Crippen LogP contribution is -2.30. The van der Waals surface area contributed by atoms with Gasteiger partial charge in [-0.1, -0.05) is 6.42 Å². The Balaban J connectivity index is 0. The van der Waals surface area contributed by atoms with E-state index in [1.54, 1.807) is 6.92 Å². The molecule has 0 bridgehead atoms. The normalized spacial score (nSPS) is 20.5. The van der Waals surface area contributed by atoms with Crippen molar-refractivity contribution in [1.29, 1.82) is 0 Å². The van der Waals surface area contributed by atoms with E-state index in [1.165, 1.54) is 19.3 Å². The van der Waals surface area contributed by atoms with Gasteiger partial charge < -0.3 is 5.11 Å². The lowest BCUT2D eigenvalue weighted by atomic mass is 10.1. The Kier molecular flexibility index (Phi) is 10.1. The van der Waals surface area contributed by atoms with Crippen LogP contribution in [0.4, 0.5) is 0 Å². The fraction of sp³-hybridized carbons (Fsp3) is 0.875. The highest BCUT2D eigenvalue weighted by molar-refractivity contribution is 5.85. The highest BCUT2D eigenvalue weighted by atomic mass is 35.5. The van der Waals surface area contributed by atoms with Crippen LogP contribution in [0.25, 0.3) is 0 Å². The Bertz CT molecular complexity index is 95.1. The van der Waals surface area contributed by atoms with Gasteiger partial charge >= 0.3 is 0 Å². The first kappa shape index (κ1) is 15.0. The predicted molar refractivity (Wildman–Crippen MR) is 55.9 cm³/mol. The summed E-state index contributed by atoms with van der Waals surface area (Å²) in [7, 11) is 0. The third-order valence-corrected chi connectivity index (χ3v) is 1.82. The summed E-state index contributed by atoms with van der Waals surface area (Å²) >= 11 is 0. The molecule has 1 rings (SSSR count). The first-order valence-electron chi connectivity index (χ1n) is 4.06. The minimum atomic E-state index is -0.280. The molecule has 4 heteroatoms. The van der Waals surface area contributed by atoms with Crippen LogP contribution in [0.5, 0.6) is 0 Å². The van der Waals surface area contributed by atoms with Crippen LogP contribution in [-0.2, 0) is 0 Å². The molecule has 2 nitrogen and oxygen atoms in total. The van der Waals surface area contributed by atoms with Gasteiger partial charge in [0, 0.05) is 0 Å². The molecule has 0 saturated carbocycles. The summed E-state index contributed by atoms with van der Waals surface area (Å²) in [5, 5.41) is 9.01. The molecule has 12 heavy (non-hydrogen) atoms. The number of piperidine rings is 1. The van der Waals surface area contributed by atoms with Crippen LogP contribution < -0.4 is 0 Å². The molecule has 0 amide bonds. The number of aliphatic hydroxyl groups is 1. The molecule has 1 radical (unpaired) electrons. The molecule has 1 atom stereocenters. The molecule has 0 aromatic rings. The third kappa shape index (κ3) is 6.06. The maximum Gasteiger partial charge on any atom is 0.0683 e. The summed E-state index contributed by atoms with van der Waals surface area (Å²) < 4.78 is 0. The summed E-state index contributed by atoms with van der Waals surface area (Å²) in [4.78, 5) is 2.22. The van der Waals surface area contributed by atoms with E-state index >= 15 is 0 Å². The molecule has 1 aliphatic rings. The summed E-state index contributed by atoms with van der Waals surface area (Å²) in [5.74, 6) is 0. The largest absolute Gasteiger partial charge is 0.392 e. The Morgan fingerprint density at radius 2 is 1.67 bits per heavy atom. The zero-order valence-corrected chi connectivity index (χ0v) is 9.03. The van der Waals surface area contributed by atoms with Crippen molar-refractivity contribution >= 4 is 24.8 Å². The number of aliphatic hydroxyl groups excluding tert-OH is 1. The minimum absolute atomic E-state index is 0. The van der Waals surface area contributed by atoms with Gasteiger partial charge in [0.15, 0.2) is 0 Å². The molecule has 0 aromatic carbocycles. The maximum absolute atomic E-state index is 9.01. The van der Waals surface area contributed by atoms with Crippen LogP contribution in [0.2, 0.25) is 0 Å². The first-order chi connectivity index (χ1) is 4.79. The molecule has 1 N–H and O–H groups in total. The highest BCUT2D eigenvalue weighted by Crippen LogP contribution is 2.10. The maximum atomic E-state index is 9.01. The molecule has 1 fully saturated rings. The second kappa shape index (κ2) is 8.11. The summed E-state index contributed by atoms with van der Waals surface area (Å²) in [6, 6.07) is 0. The Hall–Kier alpha value is 0.500. The van der Waals surface area contributed by atoms with E-state index in [4.69, 9.17) is 5.11 Å². The smallest absolute Gasteiger partial charge is 0.0683 e. The number of nitrogens with zero attached hydrogens (tertiary/aromatic N) is 1. The summed E-state index contributed by atoms with van der Waals surface area (Å²) in [5.41, 5.74) is 0. The molecule has 1 unspecified atom stereocenters. The van der Waals surface area contributed by atoms with Crippen molar-refractivity contribution < 1.29 is 5.11 Å². The van der Waals surface area contributed by atoms with Gasteiger partial charge in [0.25, 0.3) is 0 Å². The highest BCUT2D eigenvalue weighted by Gasteiger charge is 2.11. The number of halogens is 2. The Labute approximate surface area is 87.1 Å². The van der Waals surface area contributed by atoms with Crippen molar-refractivity contribution in [3.8, 4) is 0 Å². The van der Waals surface area contributed by atoms with Gasteiger partial charge in [0.1, 0.15) is 0 Å². The van der Waals surface area contributed by atoms with Crippen LogP contribution in [0.1, 0.15) is 26.2 Å². The molecule has 75 valence electrons. The van der Waals surface area contributed by atoms with Gasteiger partial charge in [0.05, 0.1) is 12.6 Å². The Morgan fingerprint density at radius 1 is 1.17 bits per heavy atom. The Morgan fingerprint density at radius 3 is 2.08 bits per heavy atom. The molecule has 0 aliphatic carbocycles. The molecule has 1 heterocycles. The van der Waals surface area contributed by atoms with Gasteiger partial charge in [-0.3, -0.25) is 4.90 Å². The lowest BCUT2D eigenvalue weighted by Gasteiger charge is -2.26. The van der Waals surface area contributed by atoms with Crippen LogP contribution in [0.3, 0.4) is 0 Å². The van der Waals surface area contributed by atoms with Gasteiger partial charge in [-0.25, -0.2) is 0 Å². The monoisotopic (exact) mass is 214 g/mol. The predicted octanol–water partition coefficient (Wildman–Crippen LogP) is 1.86. The van der Waals surface area contributed by atoms with Gasteiger partial charge in [-0.15, -0.1) is 24.8 Å². The fourth-order valence-corrected chi connectivity index (χ4v) is 1.37. The zero-order chi connectivity index (χ0) is 7.40. The average molecular weight is 215 g/mol. The van der Waals surface area contributed by atoms with Gasteiger partial charge in [-0.2, -0.15) is 0 Å². The summed E-state index contributed by atoms with van der Waals surface area (Å²) in [6.07, 6.45) is 3.63. The lowest BCUT2D eigenvalue weighted by molar-refractivity contribution is 0.157. The number of hydrogen-bond acceptors (Lipinski definition) is 2. The zero-order valence-electron chi connectivity index (χ0n) is 7.40. The standard InChI is InChI=1S/C8H16NO.2ClH/c1-8(10)7-9-5-3-2-4-6-9;;/h7-8,10H,2-6H2,1H3;2*1H. The van der Waals surface area contributed by atoms with E-state index in [0.717, 1.165) is 13.1 Å². The van der Waals surface area contributed by atoms with Crippen molar-refractivity contribution in [2.24, 2.45) is 0 Å². The van der Waals surface area contributed by atoms with E-state index in [1.807, 2.05) is 6.54 Å². The molecule has 0 spiro atoms. The molecular formula is C8H18Cl2NO. The van der Waals surface area contributed by atoms with Crippen molar-refractivity contribution in [2.75, 3.05) is 13.1 Å². The minimum Gasteiger partial charge on any atom is -0.392 e. The van der Waals surface area contributed by atoms with Crippen LogP contribution in [-0.4, -0.2) is 29.2 Å². The van der Waals surface area contributed by atoms with E-state index in [-0.39, 0.29) is 30.9 Å². The van der Waals surface area contributed by atoms with Gasteiger partial charge in [-0.05, 0) is 32.9 Å². The summed E-state index contributed by atoms with van der Waals surface area (Å²) in [6.45, 7) is 5.98. The fourth-order valence-electron chi connectivity index (χ4n) is 1.37. The quantitative estimate of drug-likeness (QED) is 0.759. The molecule has 1 saturated heterocycles. The molecule has 1 aliphatic heterocycles. The second-order valence-corrected chi connectivity index (χ2v) is 2.99. The van der Waals surface area contributed by atoms with Gasteiger partial charge in [0.2, 0.25) is 0 Å². The second-order valence-electron chi connectivity index (χ2n) is 2.99. The van der Waals surface area contributed by atoms with Crippen molar-refractivity contribution in [3.05, 3.63) is 6.54 Å². The van der Waals surface area contributed by atoms with Crippen LogP contribution in [0, 0.1) is 6.54 Å². The number of rotatable bonds is 2. The number of likely N-dealkylation sites (tertiary alicyclic amines) is 1. The average Bonchev–Trinajstić information content (AvgIpc) is 1.88. The molecular weight excluding hydrogens is 197 g/mol. The first-order valence-corrected chi connectivity index (χ1v) is 4.06. The van der Waals surface area contributed by atoms with E-state index in [9.17, 15) is 0 Å². The van der Waals surface area contributed by atoms with Crippen molar-refractivity contribution in [3.63, 3.8) is 0 Å². The van der Waals surface area contributed by atoms with Crippen molar-refractivity contribution in [1.82, 2.24) is 4.90 Å². The SMILES string of the molecule is CC(O)[CH]N1CCCCC1.Cl.Cl. The van der Waals surface area contributed by atoms with E-state index in [2.05, 4.69) is 4.90 Å².